The molecule has 0 radical (unpaired) electrons. The molecule has 4 heterocycles. The normalized spacial score (nSPS) is 21.2. The van der Waals surface area contributed by atoms with Gasteiger partial charge >= 0.3 is 0 Å². The van der Waals surface area contributed by atoms with Crippen molar-refractivity contribution >= 4 is 6.08 Å². The molecular weight excluding hydrogens is 414 g/mol. The summed E-state index contributed by atoms with van der Waals surface area (Å²) in [5.41, 5.74) is 7.75. The van der Waals surface area contributed by atoms with Crippen LogP contribution in [-0.4, -0.2) is 61.5 Å². The first-order valence-corrected chi connectivity index (χ1v) is 11.8. The fourth-order valence-corrected chi connectivity index (χ4v) is 5.06. The third-order valence-electron chi connectivity index (χ3n) is 7.12. The molecule has 2 aromatic rings. The van der Waals surface area contributed by atoms with Crippen LogP contribution < -0.4 is 4.74 Å². The Morgan fingerprint density at radius 3 is 2.76 bits per heavy atom. The molecular formula is C27H27N3O3. The molecule has 0 atom stereocenters. The van der Waals surface area contributed by atoms with Gasteiger partial charge in [0, 0.05) is 44.1 Å². The highest BCUT2D eigenvalue weighted by Gasteiger charge is 2.31. The molecule has 2 saturated heterocycles. The van der Waals surface area contributed by atoms with Crippen LogP contribution >= 0.6 is 0 Å². The van der Waals surface area contributed by atoms with E-state index >= 15 is 0 Å². The van der Waals surface area contributed by atoms with Gasteiger partial charge in [-0.05, 0) is 46.5 Å². The minimum atomic E-state index is 0.109. The summed E-state index contributed by atoms with van der Waals surface area (Å²) >= 11 is 0. The Labute approximate surface area is 194 Å². The van der Waals surface area contributed by atoms with Crippen molar-refractivity contribution in [3.05, 3.63) is 64.5 Å². The summed E-state index contributed by atoms with van der Waals surface area (Å²) < 4.78 is 16.9. The second-order valence-corrected chi connectivity index (χ2v) is 9.17. The van der Waals surface area contributed by atoms with E-state index in [0.717, 1.165) is 62.4 Å². The van der Waals surface area contributed by atoms with E-state index in [9.17, 15) is 5.26 Å². The molecule has 6 rings (SSSR count). The van der Waals surface area contributed by atoms with Gasteiger partial charge in [-0.3, -0.25) is 9.88 Å². The molecule has 2 fully saturated rings. The van der Waals surface area contributed by atoms with Crippen LogP contribution in [0, 0.1) is 11.3 Å². The van der Waals surface area contributed by atoms with E-state index in [4.69, 9.17) is 14.2 Å². The van der Waals surface area contributed by atoms with E-state index in [2.05, 4.69) is 40.2 Å². The smallest absolute Gasteiger partial charge is 0.137 e. The fourth-order valence-electron chi connectivity index (χ4n) is 5.06. The molecule has 0 unspecified atom stereocenters. The zero-order valence-corrected chi connectivity index (χ0v) is 18.6. The first-order valence-electron chi connectivity index (χ1n) is 11.8. The molecule has 0 saturated carbocycles. The largest absolute Gasteiger partial charge is 0.489 e. The highest BCUT2D eigenvalue weighted by atomic mass is 16.5. The lowest BCUT2D eigenvalue weighted by Gasteiger charge is -2.34. The van der Waals surface area contributed by atoms with Gasteiger partial charge in [-0.25, -0.2) is 0 Å². The van der Waals surface area contributed by atoms with Gasteiger partial charge in [0.2, 0.25) is 0 Å². The lowest BCUT2D eigenvalue weighted by Crippen LogP contribution is -2.48. The molecule has 0 amide bonds. The highest BCUT2D eigenvalue weighted by Crippen LogP contribution is 2.38. The highest BCUT2D eigenvalue weighted by molar-refractivity contribution is 5.82. The molecule has 1 aromatic heterocycles. The van der Waals surface area contributed by atoms with Gasteiger partial charge in [0.25, 0.3) is 0 Å². The third-order valence-corrected chi connectivity index (χ3v) is 7.12. The molecule has 0 N–H and O–H groups in total. The summed E-state index contributed by atoms with van der Waals surface area (Å²) in [6.45, 7) is 5.11. The molecule has 6 nitrogen and oxygen atoms in total. The Balaban J connectivity index is 1.25. The van der Waals surface area contributed by atoms with Gasteiger partial charge in [0.05, 0.1) is 43.7 Å². The van der Waals surface area contributed by atoms with Crippen LogP contribution in [0.5, 0.6) is 5.75 Å². The van der Waals surface area contributed by atoms with Gasteiger partial charge in [-0.2, -0.15) is 5.26 Å². The second-order valence-electron chi connectivity index (χ2n) is 9.17. The van der Waals surface area contributed by atoms with Gasteiger partial charge in [-0.15, -0.1) is 0 Å². The number of hydrogen-bond donors (Lipinski definition) is 0. The number of hydrogen-bond acceptors (Lipinski definition) is 6. The van der Waals surface area contributed by atoms with E-state index in [-0.39, 0.29) is 6.10 Å². The minimum Gasteiger partial charge on any atom is -0.489 e. The monoisotopic (exact) mass is 441 g/mol. The number of rotatable bonds is 5. The van der Waals surface area contributed by atoms with E-state index in [1.807, 2.05) is 18.3 Å². The van der Waals surface area contributed by atoms with Crippen LogP contribution in [-0.2, 0) is 15.9 Å². The molecule has 0 spiro atoms. The number of benzene rings is 1. The predicted octanol–water partition coefficient (Wildman–Crippen LogP) is 3.76. The van der Waals surface area contributed by atoms with Crippen molar-refractivity contribution in [3.63, 3.8) is 0 Å². The van der Waals surface area contributed by atoms with Crippen molar-refractivity contribution in [3.8, 4) is 22.9 Å². The first kappa shape index (κ1) is 20.6. The number of ether oxygens (including phenoxy) is 3. The van der Waals surface area contributed by atoms with E-state index in [1.54, 1.807) is 0 Å². The van der Waals surface area contributed by atoms with E-state index in [1.165, 1.54) is 16.7 Å². The SMILES string of the molecule is N#Cc1cc(-c2ccnc3c2C=C(C2=CCN(C4COC4)C2)C3)ccc1OC1CCOCC1. The zero-order chi connectivity index (χ0) is 22.2. The Hall–Kier alpha value is -2.98. The van der Waals surface area contributed by atoms with Crippen LogP contribution in [0.3, 0.4) is 0 Å². The summed E-state index contributed by atoms with van der Waals surface area (Å²) in [7, 11) is 0. The third kappa shape index (κ3) is 3.97. The van der Waals surface area contributed by atoms with Crippen LogP contribution in [0.1, 0.15) is 29.7 Å². The Kier molecular flexibility index (Phi) is 5.47. The molecule has 168 valence electrons. The standard InChI is InChI=1S/C27H27N3O3/c28-14-21-11-18(1-2-27(21)33-23-5-9-31-10-6-23)24-3-7-29-26-13-20(12-25(24)26)19-4-8-30(15-19)22-16-32-17-22/h1-4,7,11-12,22-23H,5-6,8-10,13,15-17H2. The summed E-state index contributed by atoms with van der Waals surface area (Å²) in [5, 5.41) is 9.79. The van der Waals surface area contributed by atoms with Gasteiger partial charge in [0.15, 0.2) is 0 Å². The van der Waals surface area contributed by atoms with Crippen molar-refractivity contribution in [2.24, 2.45) is 0 Å². The summed E-state index contributed by atoms with van der Waals surface area (Å²) in [5.74, 6) is 0.659. The number of pyridine rings is 1. The molecule has 33 heavy (non-hydrogen) atoms. The van der Waals surface area contributed by atoms with Gasteiger partial charge in [0.1, 0.15) is 17.9 Å². The molecule has 4 aliphatic rings. The Morgan fingerprint density at radius 2 is 1.97 bits per heavy atom. The summed E-state index contributed by atoms with van der Waals surface area (Å²) in [4.78, 5) is 7.16. The van der Waals surface area contributed by atoms with E-state index < -0.39 is 0 Å². The fraction of sp³-hybridized carbons (Fsp3) is 0.407. The average molecular weight is 442 g/mol. The topological polar surface area (TPSA) is 67.6 Å². The number of aromatic nitrogens is 1. The summed E-state index contributed by atoms with van der Waals surface area (Å²) in [6, 6.07) is 10.9. The molecule has 3 aliphatic heterocycles. The van der Waals surface area contributed by atoms with Crippen molar-refractivity contribution in [2.75, 3.05) is 39.5 Å². The Morgan fingerprint density at radius 1 is 1.09 bits per heavy atom. The van der Waals surface area contributed by atoms with Crippen molar-refractivity contribution in [1.82, 2.24) is 9.88 Å². The van der Waals surface area contributed by atoms with Crippen LogP contribution in [0.25, 0.3) is 17.2 Å². The maximum Gasteiger partial charge on any atom is 0.137 e. The maximum absolute atomic E-state index is 9.79. The van der Waals surface area contributed by atoms with Crippen LogP contribution in [0.2, 0.25) is 0 Å². The van der Waals surface area contributed by atoms with Gasteiger partial charge < -0.3 is 14.2 Å². The molecule has 6 heteroatoms. The van der Waals surface area contributed by atoms with Crippen molar-refractivity contribution < 1.29 is 14.2 Å². The number of nitriles is 1. The molecule has 1 aliphatic carbocycles. The van der Waals surface area contributed by atoms with Crippen LogP contribution in [0.15, 0.2) is 47.7 Å². The molecule has 1 aromatic carbocycles. The zero-order valence-electron chi connectivity index (χ0n) is 18.6. The van der Waals surface area contributed by atoms with Crippen molar-refractivity contribution in [2.45, 2.75) is 31.4 Å². The van der Waals surface area contributed by atoms with Gasteiger partial charge in [-0.1, -0.05) is 12.1 Å². The minimum absolute atomic E-state index is 0.109. The quantitative estimate of drug-likeness (QED) is 0.704. The molecule has 0 bridgehead atoms. The predicted molar refractivity (Wildman–Crippen MR) is 125 cm³/mol. The van der Waals surface area contributed by atoms with Crippen molar-refractivity contribution in [1.29, 1.82) is 5.26 Å². The first-order chi connectivity index (χ1) is 16.3. The number of fused-ring (bicyclic) bond motifs is 1. The lowest BCUT2D eigenvalue weighted by atomic mass is 9.98. The summed E-state index contributed by atoms with van der Waals surface area (Å²) in [6.07, 6.45) is 9.22. The Bertz CT molecular complexity index is 1170. The average Bonchev–Trinajstić information content (AvgIpc) is 3.46. The number of nitrogens with zero attached hydrogens (tertiary/aromatic N) is 3. The maximum atomic E-state index is 9.79. The van der Waals surface area contributed by atoms with Crippen LogP contribution in [0.4, 0.5) is 0 Å². The lowest BCUT2D eigenvalue weighted by molar-refractivity contribution is -0.0555. The second kappa shape index (κ2) is 8.75. The van der Waals surface area contributed by atoms with E-state index in [0.29, 0.717) is 30.6 Å².